The number of aromatic amines is 1. The van der Waals surface area contributed by atoms with Gasteiger partial charge in [-0.1, -0.05) is 6.58 Å². The minimum Gasteiger partial charge on any atom is -0.469 e. The van der Waals surface area contributed by atoms with E-state index < -0.39 is 12.3 Å². The first-order chi connectivity index (χ1) is 15.1. The fraction of sp³-hybridized carbons (Fsp3) is 0.400. The molecule has 0 aliphatic carbocycles. The van der Waals surface area contributed by atoms with Gasteiger partial charge in [0.05, 0.1) is 43.1 Å². The predicted octanol–water partition coefficient (Wildman–Crippen LogP) is 1.97. The molecule has 2 aliphatic heterocycles. The lowest BCUT2D eigenvalue weighted by molar-refractivity contribution is -0.130. The van der Waals surface area contributed by atoms with Crippen molar-refractivity contribution in [2.45, 2.75) is 24.7 Å². The lowest BCUT2D eigenvalue weighted by atomic mass is 10.1. The van der Waals surface area contributed by atoms with Gasteiger partial charge in [-0.05, 0) is 18.6 Å². The van der Waals surface area contributed by atoms with Gasteiger partial charge >= 0.3 is 0 Å². The van der Waals surface area contributed by atoms with Gasteiger partial charge in [0, 0.05) is 18.9 Å². The average molecular weight is 427 g/mol. The standard InChI is InChI=1S/C20H22FN7O3/c1-2-17(29)27-6-4-15(21)16(9-27)31-19-14-3-5-22-18(14)25-20(26-19)24-12-7-23-28(8-12)13-10-30-11-13/h2-3,5,7-8,13,15-16H,1,4,6,9-11H2,(H2,22,24,25,26)/t15-,16+/m1/s1. The third-order valence-corrected chi connectivity index (χ3v) is 5.46. The molecular formula is C20H22FN7O3. The number of likely N-dealkylation sites (tertiary alicyclic amines) is 1. The second-order valence-electron chi connectivity index (χ2n) is 7.57. The zero-order chi connectivity index (χ0) is 21.4. The van der Waals surface area contributed by atoms with Gasteiger partial charge in [0.2, 0.25) is 17.7 Å². The van der Waals surface area contributed by atoms with Crippen LogP contribution in [0.5, 0.6) is 5.88 Å². The molecule has 2 N–H and O–H groups in total. The van der Waals surface area contributed by atoms with Gasteiger partial charge in [-0.25, -0.2) is 4.39 Å². The number of fused-ring (bicyclic) bond motifs is 1. The molecule has 31 heavy (non-hydrogen) atoms. The number of anilines is 2. The van der Waals surface area contributed by atoms with E-state index in [1.807, 2.05) is 10.9 Å². The van der Waals surface area contributed by atoms with Gasteiger partial charge in [-0.3, -0.25) is 9.48 Å². The van der Waals surface area contributed by atoms with Crippen molar-refractivity contribution in [3.05, 3.63) is 37.3 Å². The summed E-state index contributed by atoms with van der Waals surface area (Å²) in [5, 5.41) is 8.08. The van der Waals surface area contributed by atoms with E-state index in [-0.39, 0.29) is 30.8 Å². The molecule has 3 aromatic rings. The molecule has 3 aromatic heterocycles. The van der Waals surface area contributed by atoms with E-state index in [2.05, 4.69) is 31.9 Å². The highest BCUT2D eigenvalue weighted by Gasteiger charge is 2.33. The summed E-state index contributed by atoms with van der Waals surface area (Å²) >= 11 is 0. The lowest BCUT2D eigenvalue weighted by Gasteiger charge is -2.34. The van der Waals surface area contributed by atoms with Gasteiger partial charge in [0.1, 0.15) is 17.9 Å². The van der Waals surface area contributed by atoms with Crippen LogP contribution >= 0.6 is 0 Å². The summed E-state index contributed by atoms with van der Waals surface area (Å²) in [6.45, 7) is 5.24. The molecule has 2 fully saturated rings. The number of piperidine rings is 1. The van der Waals surface area contributed by atoms with Crippen LogP contribution < -0.4 is 10.1 Å². The highest BCUT2D eigenvalue weighted by atomic mass is 19.1. The van der Waals surface area contributed by atoms with Crippen molar-refractivity contribution >= 4 is 28.6 Å². The summed E-state index contributed by atoms with van der Waals surface area (Å²) in [6, 6.07) is 2.00. The summed E-state index contributed by atoms with van der Waals surface area (Å²) in [5.74, 6) is 0.292. The first-order valence-electron chi connectivity index (χ1n) is 10.1. The van der Waals surface area contributed by atoms with Crippen molar-refractivity contribution in [3.63, 3.8) is 0 Å². The van der Waals surface area contributed by atoms with Crippen LogP contribution in [-0.4, -0.2) is 74.1 Å². The maximum absolute atomic E-state index is 14.6. The number of nitrogens with zero attached hydrogens (tertiary/aromatic N) is 5. The molecule has 1 amide bonds. The summed E-state index contributed by atoms with van der Waals surface area (Å²) in [4.78, 5) is 25.4. The number of H-pyrrole nitrogens is 1. The number of amides is 1. The topological polar surface area (TPSA) is 110 Å². The number of aromatic nitrogens is 5. The second kappa shape index (κ2) is 7.99. The summed E-state index contributed by atoms with van der Waals surface area (Å²) < 4.78 is 27.6. The Balaban J connectivity index is 1.38. The van der Waals surface area contributed by atoms with E-state index in [0.29, 0.717) is 42.4 Å². The first-order valence-corrected chi connectivity index (χ1v) is 10.1. The normalized spacial score (nSPS) is 21.6. The number of nitrogens with one attached hydrogen (secondary N) is 2. The van der Waals surface area contributed by atoms with Crippen molar-refractivity contribution in [1.82, 2.24) is 29.6 Å². The Bertz CT molecular complexity index is 1110. The van der Waals surface area contributed by atoms with Crippen molar-refractivity contribution in [2.75, 3.05) is 31.6 Å². The molecule has 162 valence electrons. The van der Waals surface area contributed by atoms with E-state index in [1.165, 1.54) is 11.0 Å². The maximum atomic E-state index is 14.6. The van der Waals surface area contributed by atoms with Crippen LogP contribution in [0.15, 0.2) is 37.3 Å². The Labute approximate surface area is 177 Å². The molecular weight excluding hydrogens is 405 g/mol. The Hall–Kier alpha value is -3.47. The van der Waals surface area contributed by atoms with Crippen molar-refractivity contribution in [1.29, 1.82) is 0 Å². The molecule has 5 rings (SSSR count). The van der Waals surface area contributed by atoms with Crippen LogP contribution in [0.1, 0.15) is 12.5 Å². The van der Waals surface area contributed by atoms with Crippen molar-refractivity contribution in [3.8, 4) is 5.88 Å². The zero-order valence-electron chi connectivity index (χ0n) is 16.7. The number of rotatable bonds is 6. The minimum absolute atomic E-state index is 0.126. The molecule has 2 saturated heterocycles. The van der Waals surface area contributed by atoms with Gasteiger partial charge in [0.25, 0.3) is 0 Å². The van der Waals surface area contributed by atoms with Gasteiger partial charge in [-0.15, -0.1) is 0 Å². The Morgan fingerprint density at radius 2 is 2.29 bits per heavy atom. The minimum atomic E-state index is -1.21. The number of halogens is 1. The summed E-state index contributed by atoms with van der Waals surface area (Å²) in [5.41, 5.74) is 1.27. The smallest absolute Gasteiger partial charge is 0.246 e. The molecule has 0 spiro atoms. The second-order valence-corrected chi connectivity index (χ2v) is 7.57. The molecule has 11 heteroatoms. The molecule has 2 atom stereocenters. The SMILES string of the molecule is C=CC(=O)N1CC[C@@H](F)[C@@H](Oc2nc(Nc3cnn(C4COC4)c3)nc3[nH]ccc23)C1. The molecule has 0 saturated carbocycles. The van der Waals surface area contributed by atoms with Crippen LogP contribution in [-0.2, 0) is 9.53 Å². The van der Waals surface area contributed by atoms with E-state index in [9.17, 15) is 9.18 Å². The van der Waals surface area contributed by atoms with Crippen LogP contribution in [0.3, 0.4) is 0 Å². The predicted molar refractivity (Wildman–Crippen MR) is 110 cm³/mol. The number of hydrogen-bond donors (Lipinski definition) is 2. The number of carbonyl (C=O) groups is 1. The van der Waals surface area contributed by atoms with Crippen LogP contribution in [0, 0.1) is 0 Å². The summed E-state index contributed by atoms with van der Waals surface area (Å²) in [7, 11) is 0. The molecule has 0 bridgehead atoms. The largest absolute Gasteiger partial charge is 0.469 e. The number of hydrogen-bond acceptors (Lipinski definition) is 7. The Morgan fingerprint density at radius 3 is 3.06 bits per heavy atom. The van der Waals surface area contributed by atoms with Crippen molar-refractivity contribution in [2.24, 2.45) is 0 Å². The molecule has 2 aliphatic rings. The third-order valence-electron chi connectivity index (χ3n) is 5.46. The highest BCUT2D eigenvalue weighted by molar-refractivity contribution is 5.87. The van der Waals surface area contributed by atoms with Crippen LogP contribution in [0.2, 0.25) is 0 Å². The molecule has 10 nitrogen and oxygen atoms in total. The van der Waals surface area contributed by atoms with E-state index in [0.717, 1.165) is 0 Å². The highest BCUT2D eigenvalue weighted by Crippen LogP contribution is 2.28. The number of carbonyl (C=O) groups excluding carboxylic acids is 1. The van der Waals surface area contributed by atoms with E-state index in [4.69, 9.17) is 9.47 Å². The van der Waals surface area contributed by atoms with Crippen molar-refractivity contribution < 1.29 is 18.7 Å². The monoisotopic (exact) mass is 427 g/mol. The fourth-order valence-electron chi connectivity index (χ4n) is 3.64. The molecule has 0 unspecified atom stereocenters. The molecule has 5 heterocycles. The Kier molecular flexibility index (Phi) is 5.02. The quantitative estimate of drug-likeness (QED) is 0.579. The maximum Gasteiger partial charge on any atom is 0.246 e. The number of alkyl halides is 1. The lowest BCUT2D eigenvalue weighted by Crippen LogP contribution is -2.49. The number of ether oxygens (including phenoxy) is 2. The fourth-order valence-corrected chi connectivity index (χ4v) is 3.64. The van der Waals surface area contributed by atoms with Crippen LogP contribution in [0.25, 0.3) is 11.0 Å². The van der Waals surface area contributed by atoms with Gasteiger partial charge in [-0.2, -0.15) is 15.1 Å². The van der Waals surface area contributed by atoms with E-state index >= 15 is 0 Å². The van der Waals surface area contributed by atoms with Crippen LogP contribution in [0.4, 0.5) is 16.0 Å². The van der Waals surface area contributed by atoms with E-state index in [1.54, 1.807) is 18.5 Å². The molecule has 0 aromatic carbocycles. The van der Waals surface area contributed by atoms with Gasteiger partial charge in [0.15, 0.2) is 0 Å². The summed E-state index contributed by atoms with van der Waals surface area (Å²) in [6.07, 6.45) is 4.62. The third kappa shape index (κ3) is 3.83. The zero-order valence-corrected chi connectivity index (χ0v) is 16.7. The van der Waals surface area contributed by atoms with Gasteiger partial charge < -0.3 is 24.7 Å². The Morgan fingerprint density at radius 1 is 1.42 bits per heavy atom. The first kappa shape index (κ1) is 19.5. The molecule has 0 radical (unpaired) electrons. The average Bonchev–Trinajstić information content (AvgIpc) is 3.37.